The molecule has 3 aromatic heterocycles. The number of nitrogens with zero attached hydrogens (tertiary/aromatic N) is 7. The van der Waals surface area contributed by atoms with E-state index in [0.29, 0.717) is 5.82 Å². The number of rotatable bonds is 9. The first kappa shape index (κ1) is 19.9. The van der Waals surface area contributed by atoms with Crippen molar-refractivity contribution in [3.8, 4) is 22.6 Å². The predicted octanol–water partition coefficient (Wildman–Crippen LogP) is 3.86. The van der Waals surface area contributed by atoms with Crippen LogP contribution in [-0.4, -0.2) is 40.4 Å². The molecule has 0 atom stereocenters. The van der Waals surface area contributed by atoms with Gasteiger partial charge in [0.2, 0.25) is 5.82 Å². The Morgan fingerprint density at radius 3 is 2.63 bits per heavy atom. The molecule has 3 heterocycles. The third kappa shape index (κ3) is 4.42. The van der Waals surface area contributed by atoms with Gasteiger partial charge in [0.1, 0.15) is 5.82 Å². The monoisotopic (exact) mass is 402 g/mol. The maximum atomic E-state index is 4.79. The Morgan fingerprint density at radius 1 is 1.03 bits per heavy atom. The molecule has 4 rings (SSSR count). The van der Waals surface area contributed by atoms with Crippen LogP contribution in [0.4, 0.5) is 0 Å². The fourth-order valence-corrected chi connectivity index (χ4v) is 3.43. The molecule has 0 spiro atoms. The summed E-state index contributed by atoms with van der Waals surface area (Å²) in [6.07, 6.45) is 6.77. The summed E-state index contributed by atoms with van der Waals surface area (Å²) in [6, 6.07) is 12.2. The Labute approximate surface area is 175 Å². The van der Waals surface area contributed by atoms with Crippen molar-refractivity contribution in [2.24, 2.45) is 0 Å². The van der Waals surface area contributed by atoms with Crippen LogP contribution >= 0.6 is 0 Å². The second kappa shape index (κ2) is 9.39. The van der Waals surface area contributed by atoms with Crippen LogP contribution in [0.25, 0.3) is 22.6 Å². The Hall–Kier alpha value is -3.42. The van der Waals surface area contributed by atoms with Gasteiger partial charge >= 0.3 is 0 Å². The van der Waals surface area contributed by atoms with Crippen molar-refractivity contribution >= 4 is 0 Å². The van der Waals surface area contributed by atoms with E-state index in [1.165, 1.54) is 5.56 Å². The topological polar surface area (TPSA) is 98.1 Å². The van der Waals surface area contributed by atoms with Gasteiger partial charge in [-0.15, -0.1) is 10.2 Å². The molecule has 0 bridgehead atoms. The predicted molar refractivity (Wildman–Crippen MR) is 115 cm³/mol. The summed E-state index contributed by atoms with van der Waals surface area (Å²) in [4.78, 5) is 9.33. The minimum atomic E-state index is 0.537. The summed E-state index contributed by atoms with van der Waals surface area (Å²) in [7, 11) is 0. The Kier molecular flexibility index (Phi) is 6.22. The van der Waals surface area contributed by atoms with E-state index >= 15 is 0 Å². The molecule has 30 heavy (non-hydrogen) atoms. The number of aromatic nitrogens is 8. The molecule has 0 aliphatic rings. The highest BCUT2D eigenvalue weighted by molar-refractivity contribution is 5.76. The first-order chi connectivity index (χ1) is 14.8. The van der Waals surface area contributed by atoms with Gasteiger partial charge in [-0.25, -0.2) is 9.67 Å². The van der Waals surface area contributed by atoms with E-state index in [-0.39, 0.29) is 0 Å². The Morgan fingerprint density at radius 2 is 1.90 bits per heavy atom. The van der Waals surface area contributed by atoms with Gasteiger partial charge in [-0.2, -0.15) is 10.3 Å². The number of hydrogen-bond donors (Lipinski definition) is 1. The third-order valence-electron chi connectivity index (χ3n) is 4.97. The van der Waals surface area contributed by atoms with Gasteiger partial charge in [0.25, 0.3) is 0 Å². The molecule has 0 fully saturated rings. The van der Waals surface area contributed by atoms with Gasteiger partial charge in [-0.05, 0) is 35.8 Å². The van der Waals surface area contributed by atoms with Gasteiger partial charge in [0, 0.05) is 36.7 Å². The van der Waals surface area contributed by atoms with Crippen LogP contribution in [0.2, 0.25) is 0 Å². The average Bonchev–Trinajstić information content (AvgIpc) is 3.44. The molecular weight excluding hydrogens is 376 g/mol. The van der Waals surface area contributed by atoms with Crippen LogP contribution in [0.3, 0.4) is 0 Å². The standard InChI is InChI=1S/C22H26N8/c1-3-5-14-30-20(24-19(27-30)7-4-2)15-16-9-11-17(12-10-16)21-18(8-6-13-23-21)22-25-28-29-26-22/h6,8-13H,3-5,7,14-15H2,1-2H3,(H,25,26,28,29). The lowest BCUT2D eigenvalue weighted by atomic mass is 10.0. The number of aromatic amines is 1. The summed E-state index contributed by atoms with van der Waals surface area (Å²) in [5, 5.41) is 19.1. The van der Waals surface area contributed by atoms with Crippen LogP contribution in [-0.2, 0) is 19.4 Å². The number of tetrazole rings is 1. The molecular formula is C22H26N8. The lowest BCUT2D eigenvalue weighted by Gasteiger charge is -2.08. The van der Waals surface area contributed by atoms with Crippen molar-refractivity contribution in [3.63, 3.8) is 0 Å². The molecule has 8 heteroatoms. The smallest absolute Gasteiger partial charge is 0.206 e. The molecule has 0 saturated heterocycles. The summed E-state index contributed by atoms with van der Waals surface area (Å²) in [6.45, 7) is 5.27. The molecule has 1 N–H and O–H groups in total. The SMILES string of the molecule is CCCCn1nc(CCC)nc1Cc1ccc(-c2ncccc2-c2nn[nH]n2)cc1. The van der Waals surface area contributed by atoms with E-state index in [1.807, 2.05) is 12.1 Å². The normalized spacial score (nSPS) is 11.1. The lowest BCUT2D eigenvalue weighted by molar-refractivity contribution is 0.545. The zero-order valence-corrected chi connectivity index (χ0v) is 17.4. The van der Waals surface area contributed by atoms with Crippen molar-refractivity contribution in [2.75, 3.05) is 0 Å². The fourth-order valence-electron chi connectivity index (χ4n) is 3.43. The maximum absolute atomic E-state index is 4.79. The van der Waals surface area contributed by atoms with Crippen LogP contribution in [0.1, 0.15) is 50.3 Å². The van der Waals surface area contributed by atoms with Crippen molar-refractivity contribution in [1.29, 1.82) is 0 Å². The Balaban J connectivity index is 1.57. The summed E-state index contributed by atoms with van der Waals surface area (Å²) in [5.74, 6) is 2.51. The zero-order valence-electron chi connectivity index (χ0n) is 17.4. The van der Waals surface area contributed by atoms with Crippen molar-refractivity contribution in [3.05, 3.63) is 59.8 Å². The molecule has 4 aromatic rings. The van der Waals surface area contributed by atoms with E-state index in [4.69, 9.17) is 10.1 Å². The van der Waals surface area contributed by atoms with E-state index in [0.717, 1.165) is 67.1 Å². The summed E-state index contributed by atoms with van der Waals surface area (Å²) < 4.78 is 2.08. The molecule has 0 aliphatic carbocycles. The van der Waals surface area contributed by atoms with Gasteiger partial charge in [-0.3, -0.25) is 4.98 Å². The third-order valence-corrected chi connectivity index (χ3v) is 4.97. The summed E-state index contributed by atoms with van der Waals surface area (Å²) in [5.41, 5.74) is 3.89. The minimum Gasteiger partial charge on any atom is -0.255 e. The van der Waals surface area contributed by atoms with Crippen LogP contribution in [0, 0.1) is 0 Å². The number of nitrogens with one attached hydrogen (secondary N) is 1. The van der Waals surface area contributed by atoms with Gasteiger partial charge in [0.05, 0.1) is 5.69 Å². The maximum Gasteiger partial charge on any atom is 0.206 e. The lowest BCUT2D eigenvalue weighted by Crippen LogP contribution is -2.06. The molecule has 0 amide bonds. The fraction of sp³-hybridized carbons (Fsp3) is 0.364. The molecule has 0 saturated carbocycles. The van der Waals surface area contributed by atoms with Crippen LogP contribution in [0.15, 0.2) is 42.6 Å². The van der Waals surface area contributed by atoms with Gasteiger partial charge in [0.15, 0.2) is 5.82 Å². The van der Waals surface area contributed by atoms with Crippen molar-refractivity contribution in [2.45, 2.75) is 52.5 Å². The number of H-pyrrole nitrogens is 1. The molecule has 1 aromatic carbocycles. The van der Waals surface area contributed by atoms with Crippen LogP contribution < -0.4 is 0 Å². The van der Waals surface area contributed by atoms with Gasteiger partial charge in [-0.1, -0.05) is 44.5 Å². The second-order valence-electron chi connectivity index (χ2n) is 7.28. The number of aryl methyl sites for hydroxylation is 2. The molecule has 154 valence electrons. The number of hydrogen-bond acceptors (Lipinski definition) is 6. The zero-order chi connectivity index (χ0) is 20.8. The molecule has 8 nitrogen and oxygen atoms in total. The van der Waals surface area contributed by atoms with Crippen LogP contribution in [0.5, 0.6) is 0 Å². The first-order valence-corrected chi connectivity index (χ1v) is 10.5. The minimum absolute atomic E-state index is 0.537. The average molecular weight is 403 g/mol. The number of pyridine rings is 1. The number of unbranched alkanes of at least 4 members (excludes halogenated alkanes) is 1. The first-order valence-electron chi connectivity index (χ1n) is 10.5. The second-order valence-corrected chi connectivity index (χ2v) is 7.28. The molecule has 0 aliphatic heterocycles. The molecule has 0 radical (unpaired) electrons. The van der Waals surface area contributed by atoms with E-state index in [2.05, 4.69) is 68.4 Å². The summed E-state index contributed by atoms with van der Waals surface area (Å²) >= 11 is 0. The van der Waals surface area contributed by atoms with E-state index < -0.39 is 0 Å². The highest BCUT2D eigenvalue weighted by Gasteiger charge is 2.13. The van der Waals surface area contributed by atoms with E-state index in [1.54, 1.807) is 6.20 Å². The van der Waals surface area contributed by atoms with Crippen molar-refractivity contribution in [1.82, 2.24) is 40.4 Å². The van der Waals surface area contributed by atoms with E-state index in [9.17, 15) is 0 Å². The molecule has 0 unspecified atom stereocenters. The van der Waals surface area contributed by atoms with Crippen molar-refractivity contribution < 1.29 is 0 Å². The largest absolute Gasteiger partial charge is 0.255 e. The number of benzene rings is 1. The quantitative estimate of drug-likeness (QED) is 0.456. The highest BCUT2D eigenvalue weighted by Crippen LogP contribution is 2.27. The van der Waals surface area contributed by atoms with Gasteiger partial charge < -0.3 is 0 Å². The highest BCUT2D eigenvalue weighted by atomic mass is 15.5. The Bertz CT molecular complexity index is 1070.